The van der Waals surface area contributed by atoms with Crippen LogP contribution in [-0.4, -0.2) is 38.4 Å². The lowest BCUT2D eigenvalue weighted by molar-refractivity contribution is -0.144. The van der Waals surface area contributed by atoms with Crippen LogP contribution in [0.2, 0.25) is 0 Å². The van der Waals surface area contributed by atoms with Crippen LogP contribution in [0.25, 0.3) is 0 Å². The number of carbonyl (C=O) groups excluding carboxylic acids is 2. The van der Waals surface area contributed by atoms with Crippen molar-refractivity contribution in [2.75, 3.05) is 20.8 Å². The van der Waals surface area contributed by atoms with Gasteiger partial charge in [0.1, 0.15) is 12.2 Å². The maximum atomic E-state index is 11.5. The normalized spacial score (nSPS) is 10.1. The van der Waals surface area contributed by atoms with E-state index in [9.17, 15) is 9.59 Å². The molecule has 1 N–H and O–H groups in total. The second-order valence-electron chi connectivity index (χ2n) is 5.73. The molecule has 6 nitrogen and oxygen atoms in total. The molecule has 0 heterocycles. The third kappa shape index (κ3) is 13.3. The molecule has 0 bridgehead atoms. The van der Waals surface area contributed by atoms with E-state index in [-0.39, 0.29) is 25.5 Å². The quantitative estimate of drug-likeness (QED) is 0.843. The summed E-state index contributed by atoms with van der Waals surface area (Å²) >= 11 is 0. The molecule has 0 aliphatic heterocycles. The number of alkyl carbamates (subject to hydrolysis) is 1. The largest absolute Gasteiger partial charge is 0.461 e. The number of rotatable bonds is 5. The third-order valence-electron chi connectivity index (χ3n) is 2.24. The van der Waals surface area contributed by atoms with Gasteiger partial charge in [0.2, 0.25) is 0 Å². The zero-order valence-electron chi connectivity index (χ0n) is 14.5. The molecular weight excluding hydrogens is 298 g/mol. The van der Waals surface area contributed by atoms with Crippen molar-refractivity contribution in [2.24, 2.45) is 0 Å². The van der Waals surface area contributed by atoms with Crippen LogP contribution < -0.4 is 5.32 Å². The number of carbonyl (C=O) groups is 2. The zero-order chi connectivity index (χ0) is 17.7. The van der Waals surface area contributed by atoms with Gasteiger partial charge in [0, 0.05) is 20.8 Å². The molecular formula is C17H27NO5. The molecule has 1 rings (SSSR count). The second-order valence-corrected chi connectivity index (χ2v) is 5.73. The Hall–Kier alpha value is -2.08. The van der Waals surface area contributed by atoms with Gasteiger partial charge in [-0.15, -0.1) is 0 Å². The van der Waals surface area contributed by atoms with Crippen molar-refractivity contribution in [1.82, 2.24) is 5.32 Å². The first-order valence-corrected chi connectivity index (χ1v) is 7.35. The highest BCUT2D eigenvalue weighted by atomic mass is 16.6. The first-order valence-electron chi connectivity index (χ1n) is 7.35. The van der Waals surface area contributed by atoms with Crippen LogP contribution in [0.5, 0.6) is 0 Å². The van der Waals surface area contributed by atoms with E-state index < -0.39 is 11.7 Å². The fraction of sp³-hybridized carbons (Fsp3) is 0.529. The zero-order valence-corrected chi connectivity index (χ0v) is 14.5. The summed E-state index contributed by atoms with van der Waals surface area (Å²) in [5, 5.41) is 2.51. The van der Waals surface area contributed by atoms with Gasteiger partial charge in [-0.2, -0.15) is 0 Å². The molecule has 0 radical (unpaired) electrons. The first-order chi connectivity index (χ1) is 10.8. The molecule has 1 aromatic carbocycles. The fourth-order valence-corrected chi connectivity index (χ4v) is 1.39. The van der Waals surface area contributed by atoms with Crippen molar-refractivity contribution in [2.45, 2.75) is 39.4 Å². The SMILES string of the molecule is CC(C)(C)OC(=O)NCCC(=O)OCc1ccccc1.COC. The van der Waals surface area contributed by atoms with Crippen LogP contribution in [0.4, 0.5) is 4.79 Å². The number of amides is 1. The molecule has 0 atom stereocenters. The maximum absolute atomic E-state index is 11.5. The van der Waals surface area contributed by atoms with Gasteiger partial charge >= 0.3 is 12.1 Å². The summed E-state index contributed by atoms with van der Waals surface area (Å²) in [6, 6.07) is 9.43. The van der Waals surface area contributed by atoms with E-state index in [1.807, 2.05) is 30.3 Å². The van der Waals surface area contributed by atoms with E-state index in [0.29, 0.717) is 0 Å². The molecule has 0 fully saturated rings. The van der Waals surface area contributed by atoms with Crippen molar-refractivity contribution in [1.29, 1.82) is 0 Å². The summed E-state index contributed by atoms with van der Waals surface area (Å²) in [4.78, 5) is 22.8. The summed E-state index contributed by atoms with van der Waals surface area (Å²) in [6.45, 7) is 5.77. The lowest BCUT2D eigenvalue weighted by Crippen LogP contribution is -2.33. The van der Waals surface area contributed by atoms with E-state index >= 15 is 0 Å². The van der Waals surface area contributed by atoms with E-state index in [0.717, 1.165) is 5.56 Å². The van der Waals surface area contributed by atoms with Crippen molar-refractivity contribution in [3.8, 4) is 0 Å². The Bertz CT molecular complexity index is 454. The molecule has 0 saturated carbocycles. The van der Waals surface area contributed by atoms with Crippen molar-refractivity contribution in [3.63, 3.8) is 0 Å². The molecule has 23 heavy (non-hydrogen) atoms. The second kappa shape index (κ2) is 11.5. The fourth-order valence-electron chi connectivity index (χ4n) is 1.39. The Labute approximate surface area is 138 Å². The molecule has 0 saturated heterocycles. The van der Waals surface area contributed by atoms with Crippen molar-refractivity contribution >= 4 is 12.1 Å². The van der Waals surface area contributed by atoms with Gasteiger partial charge in [0.15, 0.2) is 0 Å². The number of methoxy groups -OCH3 is 1. The average molecular weight is 325 g/mol. The highest BCUT2D eigenvalue weighted by Gasteiger charge is 2.15. The molecule has 1 aromatic rings. The van der Waals surface area contributed by atoms with Gasteiger partial charge in [-0.3, -0.25) is 4.79 Å². The van der Waals surface area contributed by atoms with Crippen LogP contribution in [0.1, 0.15) is 32.8 Å². The number of ether oxygens (including phenoxy) is 3. The Balaban J connectivity index is 0.00000149. The van der Waals surface area contributed by atoms with E-state index in [2.05, 4.69) is 10.1 Å². The molecule has 0 aliphatic rings. The summed E-state index contributed by atoms with van der Waals surface area (Å²) in [5.41, 5.74) is 0.388. The molecule has 6 heteroatoms. The Morgan fingerprint density at radius 1 is 1.09 bits per heavy atom. The van der Waals surface area contributed by atoms with Crippen LogP contribution in [0, 0.1) is 0 Å². The minimum absolute atomic E-state index is 0.117. The summed E-state index contributed by atoms with van der Waals surface area (Å²) in [5.74, 6) is -0.357. The van der Waals surface area contributed by atoms with Gasteiger partial charge in [0.05, 0.1) is 6.42 Å². The first kappa shape index (κ1) is 20.9. The number of nitrogens with one attached hydrogen (secondary N) is 1. The van der Waals surface area contributed by atoms with Gasteiger partial charge < -0.3 is 19.5 Å². The number of hydrogen-bond acceptors (Lipinski definition) is 5. The van der Waals surface area contributed by atoms with Gasteiger partial charge in [0.25, 0.3) is 0 Å². The minimum Gasteiger partial charge on any atom is -0.461 e. The van der Waals surface area contributed by atoms with Gasteiger partial charge in [-0.25, -0.2) is 4.79 Å². The van der Waals surface area contributed by atoms with Gasteiger partial charge in [-0.05, 0) is 26.3 Å². The third-order valence-corrected chi connectivity index (χ3v) is 2.24. The Kier molecular flexibility index (Phi) is 10.4. The lowest BCUT2D eigenvalue weighted by atomic mass is 10.2. The highest BCUT2D eigenvalue weighted by molar-refractivity contribution is 5.72. The van der Waals surface area contributed by atoms with Crippen LogP contribution in [-0.2, 0) is 25.6 Å². The summed E-state index contributed by atoms with van der Waals surface area (Å²) in [7, 11) is 3.25. The Morgan fingerprint density at radius 2 is 1.65 bits per heavy atom. The van der Waals surface area contributed by atoms with Crippen LogP contribution in [0.3, 0.4) is 0 Å². The van der Waals surface area contributed by atoms with Crippen LogP contribution in [0.15, 0.2) is 30.3 Å². The van der Waals surface area contributed by atoms with Crippen molar-refractivity contribution < 1.29 is 23.8 Å². The summed E-state index contributed by atoms with van der Waals surface area (Å²) < 4.78 is 14.4. The molecule has 0 spiro atoms. The average Bonchev–Trinajstić information content (AvgIpc) is 2.45. The predicted octanol–water partition coefficient (Wildman–Crippen LogP) is 2.91. The van der Waals surface area contributed by atoms with E-state index in [1.54, 1.807) is 35.0 Å². The number of hydrogen-bond donors (Lipinski definition) is 1. The molecule has 0 unspecified atom stereocenters. The number of benzene rings is 1. The predicted molar refractivity (Wildman–Crippen MR) is 88.0 cm³/mol. The minimum atomic E-state index is -0.544. The smallest absolute Gasteiger partial charge is 0.407 e. The summed E-state index contributed by atoms with van der Waals surface area (Å²) in [6.07, 6.45) is -0.417. The maximum Gasteiger partial charge on any atom is 0.407 e. The van der Waals surface area contributed by atoms with Gasteiger partial charge in [-0.1, -0.05) is 30.3 Å². The van der Waals surface area contributed by atoms with Crippen molar-refractivity contribution in [3.05, 3.63) is 35.9 Å². The highest BCUT2D eigenvalue weighted by Crippen LogP contribution is 2.06. The lowest BCUT2D eigenvalue weighted by Gasteiger charge is -2.19. The molecule has 0 aliphatic carbocycles. The van der Waals surface area contributed by atoms with E-state index in [4.69, 9.17) is 9.47 Å². The topological polar surface area (TPSA) is 73.9 Å². The van der Waals surface area contributed by atoms with E-state index in [1.165, 1.54) is 0 Å². The molecule has 1 amide bonds. The monoisotopic (exact) mass is 325 g/mol. The molecule has 130 valence electrons. The number of esters is 1. The Morgan fingerprint density at radius 3 is 2.17 bits per heavy atom. The van der Waals surface area contributed by atoms with Crippen LogP contribution >= 0.6 is 0 Å². The standard InChI is InChI=1S/C15H21NO4.C2H6O/c1-15(2,3)20-14(18)16-10-9-13(17)19-11-12-7-5-4-6-8-12;1-3-2/h4-8H,9-11H2,1-3H3,(H,16,18);1-2H3. The molecule has 0 aromatic heterocycles.